The minimum atomic E-state index is 0.211. The van der Waals surface area contributed by atoms with Crippen LogP contribution >= 0.6 is 11.8 Å². The van der Waals surface area contributed by atoms with Crippen molar-refractivity contribution < 1.29 is 0 Å². The van der Waals surface area contributed by atoms with Crippen molar-refractivity contribution in [1.29, 1.82) is 0 Å². The second-order valence-corrected chi connectivity index (χ2v) is 4.58. The second kappa shape index (κ2) is 6.28. The fourth-order valence-electron chi connectivity index (χ4n) is 1.49. The first-order chi connectivity index (χ1) is 9.22. The molecule has 0 saturated heterocycles. The Morgan fingerprint density at radius 2 is 1.95 bits per heavy atom. The molecule has 8 heteroatoms. The third kappa shape index (κ3) is 3.50. The molecule has 0 saturated carbocycles. The topological polar surface area (TPSA) is 93.7 Å². The Hall–Kier alpha value is -1.96. The maximum absolute atomic E-state index is 5.72. The van der Waals surface area contributed by atoms with Gasteiger partial charge in [-0.2, -0.15) is 15.0 Å². The lowest BCUT2D eigenvalue weighted by Gasteiger charge is -2.18. The molecule has 0 aromatic carbocycles. The molecule has 0 radical (unpaired) electrons. The first kappa shape index (κ1) is 13.5. The molecule has 2 rings (SSSR count). The largest absolute Gasteiger partial charge is 0.368 e. The molecule has 2 aromatic heterocycles. The maximum atomic E-state index is 5.72. The maximum Gasteiger partial charge on any atom is 0.231 e. The lowest BCUT2D eigenvalue weighted by molar-refractivity contribution is 0.786. The van der Waals surface area contributed by atoms with Gasteiger partial charge in [-0.3, -0.25) is 4.98 Å². The van der Waals surface area contributed by atoms with E-state index in [-0.39, 0.29) is 5.95 Å². The van der Waals surface area contributed by atoms with Crippen LogP contribution in [0.3, 0.4) is 0 Å². The summed E-state index contributed by atoms with van der Waals surface area (Å²) in [6.07, 6.45) is 4.90. The molecular weight excluding hydrogens is 262 g/mol. The van der Waals surface area contributed by atoms with Crippen LogP contribution in [0.1, 0.15) is 13.8 Å². The van der Waals surface area contributed by atoms with Crippen molar-refractivity contribution in [3.05, 3.63) is 18.6 Å². The average molecular weight is 277 g/mol. The van der Waals surface area contributed by atoms with Gasteiger partial charge >= 0.3 is 0 Å². The number of anilines is 2. The molecule has 0 aliphatic rings. The fraction of sp³-hybridized carbons (Fsp3) is 0.364. The molecule has 0 spiro atoms. The highest BCUT2D eigenvalue weighted by Crippen LogP contribution is 2.23. The number of aromatic nitrogens is 5. The van der Waals surface area contributed by atoms with E-state index in [1.54, 1.807) is 18.6 Å². The first-order valence-corrected chi connectivity index (χ1v) is 6.75. The lowest BCUT2D eigenvalue weighted by atomic mass is 10.5. The first-order valence-electron chi connectivity index (χ1n) is 5.93. The van der Waals surface area contributed by atoms with E-state index in [0.29, 0.717) is 11.1 Å². The van der Waals surface area contributed by atoms with Crippen molar-refractivity contribution in [3.8, 4) is 0 Å². The molecule has 2 aromatic rings. The van der Waals surface area contributed by atoms with Gasteiger partial charge < -0.3 is 10.6 Å². The number of nitrogens with zero attached hydrogens (tertiary/aromatic N) is 6. The molecule has 2 heterocycles. The van der Waals surface area contributed by atoms with Gasteiger partial charge in [0.25, 0.3) is 0 Å². The summed E-state index contributed by atoms with van der Waals surface area (Å²) in [4.78, 5) is 22.8. The molecule has 2 N–H and O–H groups in total. The zero-order chi connectivity index (χ0) is 13.7. The number of hydrogen-bond donors (Lipinski definition) is 1. The molecule has 0 aliphatic heterocycles. The Bertz CT molecular complexity index is 530. The standard InChI is InChI=1S/C11H15N7S/c1-3-18(4-2)10-15-9(12)16-11(17-10)19-8-7-13-5-6-14-8/h5-7H,3-4H2,1-2H3,(H2,12,15,16,17). The second-order valence-electron chi connectivity index (χ2n) is 3.59. The van der Waals surface area contributed by atoms with Gasteiger partial charge in [0.1, 0.15) is 5.03 Å². The summed E-state index contributed by atoms with van der Waals surface area (Å²) in [5.74, 6) is 0.798. The van der Waals surface area contributed by atoms with Crippen molar-refractivity contribution >= 4 is 23.7 Å². The molecule has 0 atom stereocenters. The summed E-state index contributed by atoms with van der Waals surface area (Å²) < 4.78 is 0. The van der Waals surface area contributed by atoms with Gasteiger partial charge in [0.2, 0.25) is 17.1 Å². The van der Waals surface area contributed by atoms with Gasteiger partial charge in [-0.25, -0.2) is 4.98 Å². The summed E-state index contributed by atoms with van der Waals surface area (Å²) in [6.45, 7) is 5.71. The number of nitrogen functional groups attached to an aromatic ring is 1. The van der Waals surface area contributed by atoms with E-state index >= 15 is 0 Å². The van der Waals surface area contributed by atoms with Crippen molar-refractivity contribution in [3.63, 3.8) is 0 Å². The Morgan fingerprint density at radius 3 is 2.58 bits per heavy atom. The average Bonchev–Trinajstić information content (AvgIpc) is 2.40. The molecule has 0 fully saturated rings. The highest BCUT2D eigenvalue weighted by atomic mass is 32.2. The van der Waals surface area contributed by atoms with Crippen LogP contribution in [0.4, 0.5) is 11.9 Å². The zero-order valence-electron chi connectivity index (χ0n) is 10.8. The Morgan fingerprint density at radius 1 is 1.16 bits per heavy atom. The van der Waals surface area contributed by atoms with Crippen LogP contribution in [0, 0.1) is 0 Å². The highest BCUT2D eigenvalue weighted by molar-refractivity contribution is 7.99. The Labute approximate surface area is 115 Å². The third-order valence-electron chi connectivity index (χ3n) is 2.40. The van der Waals surface area contributed by atoms with E-state index in [1.807, 2.05) is 18.7 Å². The quantitative estimate of drug-likeness (QED) is 0.872. The van der Waals surface area contributed by atoms with Gasteiger partial charge in [0.15, 0.2) is 0 Å². The lowest BCUT2D eigenvalue weighted by Crippen LogP contribution is -2.25. The molecule has 0 aliphatic carbocycles. The summed E-state index contributed by atoms with van der Waals surface area (Å²) in [6, 6.07) is 0. The van der Waals surface area contributed by atoms with E-state index in [4.69, 9.17) is 5.73 Å². The van der Waals surface area contributed by atoms with Crippen LogP contribution in [-0.4, -0.2) is 38.0 Å². The van der Waals surface area contributed by atoms with Crippen LogP contribution in [0.25, 0.3) is 0 Å². The minimum Gasteiger partial charge on any atom is -0.368 e. The van der Waals surface area contributed by atoms with Crippen molar-refractivity contribution in [2.24, 2.45) is 0 Å². The van der Waals surface area contributed by atoms with Crippen LogP contribution < -0.4 is 10.6 Å². The van der Waals surface area contributed by atoms with Crippen molar-refractivity contribution in [2.45, 2.75) is 24.0 Å². The van der Waals surface area contributed by atoms with Gasteiger partial charge in [0, 0.05) is 25.5 Å². The number of hydrogen-bond acceptors (Lipinski definition) is 8. The van der Waals surface area contributed by atoms with Crippen LogP contribution in [-0.2, 0) is 0 Å². The summed E-state index contributed by atoms with van der Waals surface area (Å²) in [5.41, 5.74) is 5.72. The van der Waals surface area contributed by atoms with Crippen molar-refractivity contribution in [1.82, 2.24) is 24.9 Å². The SMILES string of the molecule is CCN(CC)c1nc(N)nc(Sc2cnccn2)n1. The van der Waals surface area contributed by atoms with E-state index in [0.717, 1.165) is 18.1 Å². The van der Waals surface area contributed by atoms with Crippen molar-refractivity contribution in [2.75, 3.05) is 23.7 Å². The Balaban J connectivity index is 2.26. The van der Waals surface area contributed by atoms with Gasteiger partial charge in [-0.1, -0.05) is 0 Å². The molecule has 0 amide bonds. The van der Waals surface area contributed by atoms with Gasteiger partial charge in [-0.05, 0) is 25.6 Å². The van der Waals surface area contributed by atoms with E-state index in [1.165, 1.54) is 11.8 Å². The van der Waals surface area contributed by atoms with E-state index in [9.17, 15) is 0 Å². The van der Waals surface area contributed by atoms with Gasteiger partial charge in [-0.15, -0.1) is 0 Å². The van der Waals surface area contributed by atoms with Gasteiger partial charge in [0.05, 0.1) is 6.20 Å². The predicted molar refractivity (Wildman–Crippen MR) is 74.0 cm³/mol. The van der Waals surface area contributed by atoms with E-state index in [2.05, 4.69) is 24.9 Å². The fourth-order valence-corrected chi connectivity index (χ4v) is 2.17. The summed E-state index contributed by atoms with van der Waals surface area (Å²) in [5, 5.41) is 1.24. The molecular formula is C11H15N7S. The molecule has 0 unspecified atom stereocenters. The zero-order valence-corrected chi connectivity index (χ0v) is 11.6. The monoisotopic (exact) mass is 277 g/mol. The smallest absolute Gasteiger partial charge is 0.231 e. The molecule has 19 heavy (non-hydrogen) atoms. The van der Waals surface area contributed by atoms with Crippen LogP contribution in [0.15, 0.2) is 28.8 Å². The summed E-state index contributed by atoms with van der Waals surface area (Å²) >= 11 is 1.31. The minimum absolute atomic E-state index is 0.211. The molecule has 7 nitrogen and oxygen atoms in total. The van der Waals surface area contributed by atoms with Crippen LogP contribution in [0.5, 0.6) is 0 Å². The predicted octanol–water partition coefficient (Wildman–Crippen LogP) is 1.24. The molecule has 0 bridgehead atoms. The molecule has 100 valence electrons. The summed E-state index contributed by atoms with van der Waals surface area (Å²) in [7, 11) is 0. The third-order valence-corrected chi connectivity index (χ3v) is 3.19. The normalized spacial score (nSPS) is 10.4. The number of rotatable bonds is 5. The highest BCUT2D eigenvalue weighted by Gasteiger charge is 2.11. The number of nitrogens with two attached hydrogens (primary N) is 1. The van der Waals surface area contributed by atoms with E-state index < -0.39 is 0 Å². The van der Waals surface area contributed by atoms with Crippen LogP contribution in [0.2, 0.25) is 0 Å². The Kier molecular flexibility index (Phi) is 4.45.